The first-order valence-corrected chi connectivity index (χ1v) is 5.85. The molecule has 4 nitrogen and oxygen atoms in total. The van der Waals surface area contributed by atoms with Crippen molar-refractivity contribution in [1.82, 2.24) is 9.78 Å². The Morgan fingerprint density at radius 2 is 2.17 bits per heavy atom. The summed E-state index contributed by atoms with van der Waals surface area (Å²) in [6.45, 7) is 0. The van der Waals surface area contributed by atoms with Gasteiger partial charge in [-0.2, -0.15) is 5.10 Å². The molecule has 0 radical (unpaired) electrons. The van der Waals surface area contributed by atoms with E-state index in [0.717, 1.165) is 5.69 Å². The van der Waals surface area contributed by atoms with Crippen molar-refractivity contribution in [3.8, 4) is 5.69 Å². The maximum Gasteiger partial charge on any atom is 0.125 e. The molecule has 0 aliphatic heterocycles. The van der Waals surface area contributed by atoms with Gasteiger partial charge in [0.2, 0.25) is 0 Å². The van der Waals surface area contributed by atoms with Gasteiger partial charge in [-0.05, 0) is 37.1 Å². The summed E-state index contributed by atoms with van der Waals surface area (Å²) in [4.78, 5) is 0. The maximum absolute atomic E-state index is 13.2. The third-order valence-corrected chi connectivity index (χ3v) is 3.10. The number of benzene rings is 1. The van der Waals surface area contributed by atoms with Crippen molar-refractivity contribution < 1.29 is 4.39 Å². The van der Waals surface area contributed by atoms with E-state index in [1.165, 1.54) is 25.0 Å². The lowest BCUT2D eigenvalue weighted by molar-refractivity contribution is 0.626. The van der Waals surface area contributed by atoms with E-state index in [-0.39, 0.29) is 5.84 Å². The molecule has 0 amide bonds. The van der Waals surface area contributed by atoms with Gasteiger partial charge in [-0.1, -0.05) is 0 Å². The lowest BCUT2D eigenvalue weighted by atomic mass is 10.1. The molecule has 0 saturated heterocycles. The lowest BCUT2D eigenvalue weighted by Gasteiger charge is -2.08. The number of rotatable bonds is 3. The number of amidine groups is 1. The van der Waals surface area contributed by atoms with E-state index < -0.39 is 5.82 Å². The van der Waals surface area contributed by atoms with Crippen LogP contribution in [0.1, 0.15) is 30.0 Å². The zero-order chi connectivity index (χ0) is 12.7. The van der Waals surface area contributed by atoms with Gasteiger partial charge in [0.1, 0.15) is 11.7 Å². The second kappa shape index (κ2) is 3.94. The minimum Gasteiger partial charge on any atom is -0.384 e. The van der Waals surface area contributed by atoms with Crippen LogP contribution in [-0.4, -0.2) is 15.6 Å². The largest absolute Gasteiger partial charge is 0.384 e. The first-order chi connectivity index (χ1) is 8.65. The fourth-order valence-electron chi connectivity index (χ4n) is 1.99. The highest BCUT2D eigenvalue weighted by Crippen LogP contribution is 2.39. The van der Waals surface area contributed by atoms with Crippen LogP contribution in [0.5, 0.6) is 0 Å². The highest BCUT2D eigenvalue weighted by molar-refractivity contribution is 5.98. The van der Waals surface area contributed by atoms with Gasteiger partial charge >= 0.3 is 0 Å². The number of nitrogens with zero attached hydrogens (tertiary/aromatic N) is 2. The van der Waals surface area contributed by atoms with E-state index in [4.69, 9.17) is 11.1 Å². The van der Waals surface area contributed by atoms with Crippen LogP contribution in [0.2, 0.25) is 0 Å². The van der Waals surface area contributed by atoms with Crippen LogP contribution in [0.25, 0.3) is 5.69 Å². The number of hydrogen-bond acceptors (Lipinski definition) is 2. The van der Waals surface area contributed by atoms with E-state index in [9.17, 15) is 4.39 Å². The van der Waals surface area contributed by atoms with Gasteiger partial charge in [-0.3, -0.25) is 5.41 Å². The predicted molar refractivity (Wildman–Crippen MR) is 66.5 cm³/mol. The normalized spacial score (nSPS) is 14.7. The molecule has 2 aromatic rings. The van der Waals surface area contributed by atoms with Crippen LogP contribution >= 0.6 is 0 Å². The van der Waals surface area contributed by atoms with E-state index in [0.29, 0.717) is 17.2 Å². The van der Waals surface area contributed by atoms with E-state index in [2.05, 4.69) is 5.10 Å². The Labute approximate surface area is 104 Å². The number of nitrogens with two attached hydrogens (primary N) is 1. The molecule has 1 heterocycles. The Morgan fingerprint density at radius 1 is 1.39 bits per heavy atom. The minimum absolute atomic E-state index is 0.159. The lowest BCUT2D eigenvalue weighted by Crippen LogP contribution is -2.15. The molecule has 0 atom stereocenters. The van der Waals surface area contributed by atoms with E-state index >= 15 is 0 Å². The SMILES string of the molecule is N=C(N)c1cc(F)ccc1-n1ccc(C2CC2)n1. The van der Waals surface area contributed by atoms with Crippen LogP contribution in [0.3, 0.4) is 0 Å². The molecule has 1 aliphatic rings. The van der Waals surface area contributed by atoms with Crippen LogP contribution in [0, 0.1) is 11.2 Å². The smallest absolute Gasteiger partial charge is 0.125 e. The molecule has 5 heteroatoms. The van der Waals surface area contributed by atoms with Crippen molar-refractivity contribution in [3.05, 3.63) is 47.5 Å². The minimum atomic E-state index is -0.404. The van der Waals surface area contributed by atoms with Gasteiger partial charge in [0, 0.05) is 17.7 Å². The second-order valence-electron chi connectivity index (χ2n) is 4.53. The molecule has 1 aromatic carbocycles. The summed E-state index contributed by atoms with van der Waals surface area (Å²) in [5.74, 6) is -0.000953. The molecule has 92 valence electrons. The summed E-state index contributed by atoms with van der Waals surface area (Å²) < 4.78 is 14.8. The molecule has 18 heavy (non-hydrogen) atoms. The topological polar surface area (TPSA) is 67.7 Å². The summed E-state index contributed by atoms with van der Waals surface area (Å²) >= 11 is 0. The monoisotopic (exact) mass is 244 g/mol. The number of hydrogen-bond donors (Lipinski definition) is 2. The maximum atomic E-state index is 13.2. The average Bonchev–Trinajstić information content (AvgIpc) is 3.08. The highest BCUT2D eigenvalue weighted by Gasteiger charge is 2.26. The number of nitrogens with one attached hydrogen (secondary N) is 1. The van der Waals surface area contributed by atoms with Gasteiger partial charge in [0.15, 0.2) is 0 Å². The predicted octanol–water partition coefficient (Wildman–Crippen LogP) is 2.17. The Bertz CT molecular complexity index is 613. The quantitative estimate of drug-likeness (QED) is 0.641. The molecule has 0 spiro atoms. The van der Waals surface area contributed by atoms with Crippen molar-refractivity contribution in [3.63, 3.8) is 0 Å². The molecule has 0 bridgehead atoms. The summed E-state index contributed by atoms with van der Waals surface area (Å²) in [7, 11) is 0. The average molecular weight is 244 g/mol. The molecule has 3 rings (SSSR count). The van der Waals surface area contributed by atoms with Gasteiger partial charge in [0.25, 0.3) is 0 Å². The third-order valence-electron chi connectivity index (χ3n) is 3.10. The van der Waals surface area contributed by atoms with Crippen molar-refractivity contribution in [2.75, 3.05) is 0 Å². The standard InChI is InChI=1S/C13H13FN4/c14-9-3-4-12(10(7-9)13(15)16)18-6-5-11(17-18)8-1-2-8/h3-8H,1-2H2,(H3,15,16). The Morgan fingerprint density at radius 3 is 2.83 bits per heavy atom. The summed E-state index contributed by atoms with van der Waals surface area (Å²) in [6, 6.07) is 6.16. The van der Waals surface area contributed by atoms with Crippen LogP contribution < -0.4 is 5.73 Å². The van der Waals surface area contributed by atoms with Crippen LogP contribution in [-0.2, 0) is 0 Å². The molecule has 1 aliphatic carbocycles. The van der Waals surface area contributed by atoms with Crippen LogP contribution in [0.4, 0.5) is 4.39 Å². The summed E-state index contributed by atoms with van der Waals surface area (Å²) in [6.07, 6.45) is 4.19. The van der Waals surface area contributed by atoms with Crippen LogP contribution in [0.15, 0.2) is 30.5 Å². The fourth-order valence-corrected chi connectivity index (χ4v) is 1.99. The van der Waals surface area contributed by atoms with Gasteiger partial charge in [0.05, 0.1) is 11.4 Å². The van der Waals surface area contributed by atoms with Gasteiger partial charge in [-0.25, -0.2) is 9.07 Å². The first kappa shape index (κ1) is 11.0. The van der Waals surface area contributed by atoms with Gasteiger partial charge < -0.3 is 5.73 Å². The van der Waals surface area contributed by atoms with Crippen molar-refractivity contribution in [2.45, 2.75) is 18.8 Å². The zero-order valence-corrected chi connectivity index (χ0v) is 9.73. The van der Waals surface area contributed by atoms with Crippen molar-refractivity contribution in [2.24, 2.45) is 5.73 Å². The number of halogens is 1. The van der Waals surface area contributed by atoms with E-state index in [1.54, 1.807) is 10.7 Å². The highest BCUT2D eigenvalue weighted by atomic mass is 19.1. The Hall–Kier alpha value is -2.17. The number of nitrogen functional groups attached to an aromatic ring is 1. The molecular weight excluding hydrogens is 231 g/mol. The fraction of sp³-hybridized carbons (Fsp3) is 0.231. The first-order valence-electron chi connectivity index (χ1n) is 5.85. The second-order valence-corrected chi connectivity index (χ2v) is 4.53. The third kappa shape index (κ3) is 1.88. The Kier molecular flexibility index (Phi) is 2.40. The molecule has 0 unspecified atom stereocenters. The molecule has 1 aromatic heterocycles. The van der Waals surface area contributed by atoms with Crippen molar-refractivity contribution >= 4 is 5.84 Å². The van der Waals surface area contributed by atoms with E-state index in [1.807, 2.05) is 12.3 Å². The molecular formula is C13H13FN4. The molecule has 1 fully saturated rings. The van der Waals surface area contributed by atoms with Crippen molar-refractivity contribution in [1.29, 1.82) is 5.41 Å². The number of aromatic nitrogens is 2. The molecule has 3 N–H and O–H groups in total. The molecule has 1 saturated carbocycles. The van der Waals surface area contributed by atoms with Gasteiger partial charge in [-0.15, -0.1) is 0 Å². The Balaban J connectivity index is 2.06. The summed E-state index contributed by atoms with van der Waals surface area (Å²) in [5.41, 5.74) is 7.52. The summed E-state index contributed by atoms with van der Waals surface area (Å²) in [5, 5.41) is 12.0. The zero-order valence-electron chi connectivity index (χ0n) is 9.73.